The Hall–Kier alpha value is -4.42. The van der Waals surface area contributed by atoms with Crippen molar-refractivity contribution >= 4 is 22.9 Å². The highest BCUT2D eigenvalue weighted by molar-refractivity contribution is 5.94. The second kappa shape index (κ2) is 11.3. The zero-order chi connectivity index (χ0) is 31.1. The van der Waals surface area contributed by atoms with Gasteiger partial charge in [0.15, 0.2) is 0 Å². The van der Waals surface area contributed by atoms with Gasteiger partial charge in [0, 0.05) is 49.8 Å². The molecule has 3 heterocycles. The predicted octanol–water partition coefficient (Wildman–Crippen LogP) is 6.51. The highest BCUT2D eigenvalue weighted by Crippen LogP contribution is 2.38. The summed E-state index contributed by atoms with van der Waals surface area (Å²) in [6.07, 6.45) is -7.71. The first-order valence-corrected chi connectivity index (χ1v) is 13.5. The SMILES string of the molecule is Cc1ccn2c(C(=O)NCc3ccc(N4CCN(c5ccc(OC(F)(F)F)cc5)[C@@H](C)C4)c(C(F)(F)F)c3)c(C)nc2c1. The molecule has 13 heteroatoms. The van der Waals surface area contributed by atoms with Gasteiger partial charge in [-0.2, -0.15) is 13.2 Å². The summed E-state index contributed by atoms with van der Waals surface area (Å²) in [5, 5.41) is 2.72. The molecule has 2 aromatic carbocycles. The number of anilines is 2. The summed E-state index contributed by atoms with van der Waals surface area (Å²) in [6, 6.07) is 12.9. The Kier molecular flexibility index (Phi) is 7.93. The van der Waals surface area contributed by atoms with Crippen LogP contribution in [0.15, 0.2) is 60.8 Å². The zero-order valence-electron chi connectivity index (χ0n) is 23.6. The molecule has 228 valence electrons. The van der Waals surface area contributed by atoms with Crippen LogP contribution in [0.3, 0.4) is 0 Å². The molecule has 1 aliphatic rings. The molecule has 0 saturated carbocycles. The number of carbonyl (C=O) groups excluding carboxylic acids is 1. The molecule has 7 nitrogen and oxygen atoms in total. The Morgan fingerprint density at radius 3 is 2.37 bits per heavy atom. The van der Waals surface area contributed by atoms with Gasteiger partial charge < -0.3 is 19.9 Å². The average Bonchev–Trinajstić information content (AvgIpc) is 3.25. The third kappa shape index (κ3) is 6.65. The van der Waals surface area contributed by atoms with E-state index in [2.05, 4.69) is 15.0 Å². The van der Waals surface area contributed by atoms with E-state index in [1.807, 2.05) is 30.9 Å². The van der Waals surface area contributed by atoms with Crippen molar-refractivity contribution in [1.82, 2.24) is 14.7 Å². The van der Waals surface area contributed by atoms with Gasteiger partial charge in [-0.1, -0.05) is 6.07 Å². The topological polar surface area (TPSA) is 62.1 Å². The minimum absolute atomic E-state index is 0.0241. The predicted molar refractivity (Wildman–Crippen MR) is 149 cm³/mol. The molecule has 0 aliphatic carbocycles. The molecule has 1 N–H and O–H groups in total. The maximum Gasteiger partial charge on any atom is 0.573 e. The van der Waals surface area contributed by atoms with Crippen molar-refractivity contribution in [3.8, 4) is 5.75 Å². The number of nitrogens with zero attached hydrogens (tertiary/aromatic N) is 4. The van der Waals surface area contributed by atoms with Gasteiger partial charge in [0.25, 0.3) is 5.91 Å². The number of hydrogen-bond acceptors (Lipinski definition) is 5. The van der Waals surface area contributed by atoms with Crippen LogP contribution in [0.5, 0.6) is 5.75 Å². The van der Waals surface area contributed by atoms with Gasteiger partial charge in [0.2, 0.25) is 0 Å². The first kappa shape index (κ1) is 30.1. The second-order valence-corrected chi connectivity index (χ2v) is 10.5. The molecule has 1 atom stereocenters. The number of pyridine rings is 1. The van der Waals surface area contributed by atoms with Crippen LogP contribution in [0.1, 0.15) is 39.8 Å². The van der Waals surface area contributed by atoms with Gasteiger partial charge in [-0.05, 0) is 80.4 Å². The maximum atomic E-state index is 14.2. The number of amides is 1. The lowest BCUT2D eigenvalue weighted by Crippen LogP contribution is -2.52. The number of aryl methyl sites for hydroxylation is 2. The average molecular weight is 606 g/mol. The number of halogens is 6. The van der Waals surface area contributed by atoms with Gasteiger partial charge in [0.05, 0.1) is 11.3 Å². The molecule has 0 spiro atoms. The number of benzene rings is 2. The Morgan fingerprint density at radius 1 is 1.00 bits per heavy atom. The van der Waals surface area contributed by atoms with Gasteiger partial charge in [-0.25, -0.2) is 4.98 Å². The number of imidazole rings is 1. The van der Waals surface area contributed by atoms with Crippen LogP contribution in [-0.2, 0) is 12.7 Å². The molecule has 4 aromatic rings. The summed E-state index contributed by atoms with van der Waals surface area (Å²) in [7, 11) is 0. The highest BCUT2D eigenvalue weighted by atomic mass is 19.4. The lowest BCUT2D eigenvalue weighted by molar-refractivity contribution is -0.274. The number of nitrogens with one attached hydrogen (secondary N) is 1. The van der Waals surface area contributed by atoms with Crippen molar-refractivity contribution in [2.45, 2.75) is 45.9 Å². The molecule has 0 bridgehead atoms. The molecule has 0 unspecified atom stereocenters. The summed E-state index contributed by atoms with van der Waals surface area (Å²) >= 11 is 0. The fourth-order valence-corrected chi connectivity index (χ4v) is 5.40. The monoisotopic (exact) mass is 605 g/mol. The van der Waals surface area contributed by atoms with E-state index in [1.54, 1.807) is 28.5 Å². The molecule has 1 amide bonds. The summed E-state index contributed by atoms with van der Waals surface area (Å²) in [5.41, 5.74) is 2.55. The smallest absolute Gasteiger partial charge is 0.406 e. The third-order valence-electron chi connectivity index (χ3n) is 7.36. The minimum Gasteiger partial charge on any atom is -0.406 e. The normalized spacial score (nSPS) is 16.1. The molecular weight excluding hydrogens is 576 g/mol. The summed E-state index contributed by atoms with van der Waals surface area (Å²) in [6.45, 7) is 6.21. The second-order valence-electron chi connectivity index (χ2n) is 10.5. The Morgan fingerprint density at radius 2 is 1.72 bits per heavy atom. The van der Waals surface area contributed by atoms with E-state index in [0.717, 1.165) is 11.6 Å². The van der Waals surface area contributed by atoms with E-state index >= 15 is 0 Å². The molecule has 1 fully saturated rings. The van der Waals surface area contributed by atoms with Crippen LogP contribution in [-0.4, -0.2) is 47.3 Å². The molecule has 2 aromatic heterocycles. The van der Waals surface area contributed by atoms with Gasteiger partial charge in [-0.15, -0.1) is 13.2 Å². The van der Waals surface area contributed by atoms with Crippen LogP contribution in [0, 0.1) is 13.8 Å². The Balaban J connectivity index is 1.29. The van der Waals surface area contributed by atoms with Crippen LogP contribution >= 0.6 is 0 Å². The van der Waals surface area contributed by atoms with Crippen molar-refractivity contribution in [3.05, 3.63) is 88.9 Å². The number of piperazine rings is 1. The lowest BCUT2D eigenvalue weighted by Gasteiger charge is -2.43. The van der Waals surface area contributed by atoms with E-state index in [1.165, 1.54) is 30.3 Å². The number of ether oxygens (including phenoxy) is 1. The summed E-state index contributed by atoms with van der Waals surface area (Å²) < 4.78 is 85.7. The van der Waals surface area contributed by atoms with Gasteiger partial charge in [0.1, 0.15) is 17.1 Å². The van der Waals surface area contributed by atoms with E-state index in [9.17, 15) is 31.1 Å². The first-order chi connectivity index (χ1) is 20.2. The fourth-order valence-electron chi connectivity index (χ4n) is 5.40. The van der Waals surface area contributed by atoms with Crippen LogP contribution in [0.2, 0.25) is 0 Å². The van der Waals surface area contributed by atoms with E-state index in [-0.39, 0.29) is 37.1 Å². The Labute approximate surface area is 243 Å². The largest absolute Gasteiger partial charge is 0.573 e. The van der Waals surface area contributed by atoms with Crippen LogP contribution in [0.4, 0.5) is 37.7 Å². The van der Waals surface area contributed by atoms with Gasteiger partial charge in [-0.3, -0.25) is 9.20 Å². The van der Waals surface area contributed by atoms with Crippen LogP contribution in [0.25, 0.3) is 5.65 Å². The van der Waals surface area contributed by atoms with E-state index in [4.69, 9.17) is 0 Å². The van der Waals surface area contributed by atoms with Crippen LogP contribution < -0.4 is 19.9 Å². The Bertz CT molecular complexity index is 1630. The summed E-state index contributed by atoms with van der Waals surface area (Å²) in [4.78, 5) is 21.0. The van der Waals surface area contributed by atoms with Crippen molar-refractivity contribution in [2.75, 3.05) is 29.4 Å². The number of hydrogen-bond donors (Lipinski definition) is 1. The zero-order valence-corrected chi connectivity index (χ0v) is 23.6. The van der Waals surface area contributed by atoms with Crippen molar-refractivity contribution in [1.29, 1.82) is 0 Å². The molecule has 5 rings (SSSR count). The van der Waals surface area contributed by atoms with E-state index in [0.29, 0.717) is 34.8 Å². The number of aromatic nitrogens is 2. The number of carbonyl (C=O) groups is 1. The first-order valence-electron chi connectivity index (χ1n) is 13.5. The third-order valence-corrected chi connectivity index (χ3v) is 7.36. The lowest BCUT2D eigenvalue weighted by atomic mass is 10.0. The minimum atomic E-state index is -4.80. The molecular formula is C30H29F6N5O2. The molecule has 1 saturated heterocycles. The number of rotatable bonds is 6. The number of fused-ring (bicyclic) bond motifs is 1. The molecule has 1 aliphatic heterocycles. The van der Waals surface area contributed by atoms with E-state index < -0.39 is 24.0 Å². The van der Waals surface area contributed by atoms with Gasteiger partial charge >= 0.3 is 12.5 Å². The van der Waals surface area contributed by atoms with Crippen molar-refractivity contribution in [3.63, 3.8) is 0 Å². The number of alkyl halides is 6. The standard InChI is InChI=1S/C30H29F6N5O2/c1-18-10-11-41-26(14-18)38-20(3)27(41)28(42)37-16-21-4-9-25(24(15-21)29(31,32)33)39-12-13-40(19(2)17-39)22-5-7-23(8-6-22)43-30(34,35)36/h4-11,14-15,19H,12-13,16-17H2,1-3H3,(H,37,42)/t19-/m0/s1. The maximum absolute atomic E-state index is 14.2. The van der Waals surface area contributed by atoms with Crippen molar-refractivity contribution in [2.24, 2.45) is 0 Å². The van der Waals surface area contributed by atoms with Crippen molar-refractivity contribution < 1.29 is 35.9 Å². The molecule has 0 radical (unpaired) electrons. The summed E-state index contributed by atoms with van der Waals surface area (Å²) in [5.74, 6) is -0.799. The fraction of sp³-hybridized carbons (Fsp3) is 0.333. The highest BCUT2D eigenvalue weighted by Gasteiger charge is 2.37. The molecule has 43 heavy (non-hydrogen) atoms. The quantitative estimate of drug-likeness (QED) is 0.254.